The Balaban J connectivity index is 1.66. The summed E-state index contributed by atoms with van der Waals surface area (Å²) in [5.74, 6) is 0.270. The summed E-state index contributed by atoms with van der Waals surface area (Å²) in [6.45, 7) is 4.24. The molecule has 0 spiro atoms. The normalized spacial score (nSPS) is 13.4. The molecule has 0 aromatic heterocycles. The lowest BCUT2D eigenvalue weighted by Gasteiger charge is -2.22. The Morgan fingerprint density at radius 2 is 1.46 bits per heavy atom. The van der Waals surface area contributed by atoms with Gasteiger partial charge in [0.15, 0.2) is 0 Å². The van der Waals surface area contributed by atoms with Crippen LogP contribution in [0, 0.1) is 5.92 Å². The van der Waals surface area contributed by atoms with Crippen LogP contribution in [-0.2, 0) is 9.47 Å². The van der Waals surface area contributed by atoms with Crippen molar-refractivity contribution < 1.29 is 19.1 Å². The Bertz CT molecular complexity index is 804. The van der Waals surface area contributed by atoms with Crippen LogP contribution in [0.4, 0.5) is 9.59 Å². The van der Waals surface area contributed by atoms with E-state index in [1.165, 1.54) is 18.2 Å². The molecule has 0 saturated carbocycles. The first-order valence-electron chi connectivity index (χ1n) is 9.45. The van der Waals surface area contributed by atoms with Gasteiger partial charge in [-0.25, -0.2) is 9.59 Å². The second kappa shape index (κ2) is 8.78. The van der Waals surface area contributed by atoms with E-state index in [0.29, 0.717) is 6.42 Å². The SMILES string of the molecule is COC(=O)N[C@H](CC(C)C)NC(=O)OCC1c2ccccc2-c2ccccc21. The van der Waals surface area contributed by atoms with E-state index in [4.69, 9.17) is 4.74 Å². The van der Waals surface area contributed by atoms with Crippen LogP contribution in [-0.4, -0.2) is 32.1 Å². The number of amides is 2. The topological polar surface area (TPSA) is 76.7 Å². The number of alkyl carbamates (subject to hydrolysis) is 2. The Hall–Kier alpha value is -3.02. The first-order valence-corrected chi connectivity index (χ1v) is 9.45. The fourth-order valence-corrected chi connectivity index (χ4v) is 3.61. The van der Waals surface area contributed by atoms with Crippen LogP contribution in [0.5, 0.6) is 0 Å². The number of hydrogen-bond acceptors (Lipinski definition) is 4. The van der Waals surface area contributed by atoms with E-state index >= 15 is 0 Å². The third kappa shape index (κ3) is 4.44. The van der Waals surface area contributed by atoms with E-state index < -0.39 is 18.4 Å². The molecule has 0 unspecified atom stereocenters. The van der Waals surface area contributed by atoms with Crippen molar-refractivity contribution in [1.82, 2.24) is 10.6 Å². The van der Waals surface area contributed by atoms with Crippen LogP contribution < -0.4 is 10.6 Å². The Labute approximate surface area is 165 Å². The number of carbonyl (C=O) groups is 2. The van der Waals surface area contributed by atoms with Gasteiger partial charge in [-0.3, -0.25) is 0 Å². The molecular weight excluding hydrogens is 356 g/mol. The van der Waals surface area contributed by atoms with Crippen LogP contribution in [0.15, 0.2) is 48.5 Å². The lowest BCUT2D eigenvalue weighted by atomic mass is 9.98. The fraction of sp³-hybridized carbons (Fsp3) is 0.364. The molecule has 2 aromatic carbocycles. The standard InChI is InChI=1S/C22H26N2O4/c1-14(2)12-20(23-21(25)27-3)24-22(26)28-13-19-17-10-6-4-8-15(17)16-9-5-7-11-18(16)19/h4-11,14,19-20H,12-13H2,1-3H3,(H,23,25)(H,24,26)/t20-/m0/s1. The third-order valence-electron chi connectivity index (χ3n) is 4.82. The van der Waals surface area contributed by atoms with Gasteiger partial charge in [-0.05, 0) is 34.6 Å². The molecule has 1 aliphatic rings. The minimum Gasteiger partial charge on any atom is -0.453 e. The minimum atomic E-state index is -0.593. The number of methoxy groups -OCH3 is 1. The highest BCUT2D eigenvalue weighted by molar-refractivity contribution is 5.79. The van der Waals surface area contributed by atoms with E-state index in [2.05, 4.69) is 39.6 Å². The molecule has 0 saturated heterocycles. The van der Waals surface area contributed by atoms with E-state index in [1.807, 2.05) is 38.1 Å². The number of ether oxygens (including phenoxy) is 2. The van der Waals surface area contributed by atoms with Crippen molar-refractivity contribution in [3.63, 3.8) is 0 Å². The van der Waals surface area contributed by atoms with Crippen molar-refractivity contribution in [2.24, 2.45) is 5.92 Å². The summed E-state index contributed by atoms with van der Waals surface area (Å²) in [6.07, 6.45) is -1.14. The van der Waals surface area contributed by atoms with Crippen LogP contribution in [0.25, 0.3) is 11.1 Å². The number of rotatable bonds is 6. The van der Waals surface area contributed by atoms with Gasteiger partial charge < -0.3 is 20.1 Å². The van der Waals surface area contributed by atoms with Gasteiger partial charge in [0.05, 0.1) is 7.11 Å². The largest absolute Gasteiger partial charge is 0.453 e. The molecule has 0 radical (unpaired) electrons. The Morgan fingerprint density at radius 1 is 0.929 bits per heavy atom. The van der Waals surface area contributed by atoms with Crippen molar-refractivity contribution in [2.75, 3.05) is 13.7 Å². The van der Waals surface area contributed by atoms with Gasteiger partial charge in [0, 0.05) is 5.92 Å². The molecule has 2 amide bonds. The summed E-state index contributed by atoms with van der Waals surface area (Å²) in [5, 5.41) is 5.33. The van der Waals surface area contributed by atoms with Crippen molar-refractivity contribution in [2.45, 2.75) is 32.4 Å². The quantitative estimate of drug-likeness (QED) is 0.732. The molecule has 0 aliphatic heterocycles. The lowest BCUT2D eigenvalue weighted by molar-refractivity contribution is 0.131. The summed E-state index contributed by atoms with van der Waals surface area (Å²) in [4.78, 5) is 23.9. The van der Waals surface area contributed by atoms with Gasteiger partial charge in [0.25, 0.3) is 0 Å². The molecule has 1 aliphatic carbocycles. The molecular formula is C22H26N2O4. The molecule has 6 nitrogen and oxygen atoms in total. The zero-order valence-corrected chi connectivity index (χ0v) is 16.4. The maximum Gasteiger partial charge on any atom is 0.408 e. The van der Waals surface area contributed by atoms with Crippen LogP contribution in [0.1, 0.15) is 37.3 Å². The predicted molar refractivity (Wildman–Crippen MR) is 107 cm³/mol. The van der Waals surface area contributed by atoms with E-state index in [9.17, 15) is 9.59 Å². The molecule has 3 rings (SSSR count). The van der Waals surface area contributed by atoms with Gasteiger partial charge in [-0.2, -0.15) is 0 Å². The van der Waals surface area contributed by atoms with Gasteiger partial charge in [-0.1, -0.05) is 62.4 Å². The van der Waals surface area contributed by atoms with Crippen LogP contribution >= 0.6 is 0 Å². The number of benzene rings is 2. The van der Waals surface area contributed by atoms with Crippen molar-refractivity contribution >= 4 is 12.2 Å². The molecule has 148 valence electrons. The second-order valence-electron chi connectivity index (χ2n) is 7.29. The first kappa shape index (κ1) is 19.7. The van der Waals surface area contributed by atoms with Crippen LogP contribution in [0.3, 0.4) is 0 Å². The van der Waals surface area contributed by atoms with Gasteiger partial charge in [0.2, 0.25) is 0 Å². The van der Waals surface area contributed by atoms with E-state index in [-0.39, 0.29) is 18.4 Å². The second-order valence-corrected chi connectivity index (χ2v) is 7.29. The molecule has 6 heteroatoms. The molecule has 0 heterocycles. The number of fused-ring (bicyclic) bond motifs is 3. The lowest BCUT2D eigenvalue weighted by Crippen LogP contribution is -2.48. The number of carbonyl (C=O) groups excluding carboxylic acids is 2. The number of nitrogens with one attached hydrogen (secondary N) is 2. The summed E-state index contributed by atoms with van der Waals surface area (Å²) in [5.41, 5.74) is 4.67. The highest BCUT2D eigenvalue weighted by Gasteiger charge is 2.29. The number of hydrogen-bond donors (Lipinski definition) is 2. The molecule has 2 aromatic rings. The zero-order valence-electron chi connectivity index (χ0n) is 16.4. The maximum absolute atomic E-state index is 12.4. The summed E-state index contributed by atoms with van der Waals surface area (Å²) >= 11 is 0. The van der Waals surface area contributed by atoms with Gasteiger partial charge >= 0.3 is 12.2 Å². The molecule has 2 N–H and O–H groups in total. The predicted octanol–water partition coefficient (Wildman–Crippen LogP) is 4.25. The molecule has 0 bridgehead atoms. The van der Waals surface area contributed by atoms with E-state index in [1.54, 1.807) is 0 Å². The van der Waals surface area contributed by atoms with E-state index in [0.717, 1.165) is 11.1 Å². The summed E-state index contributed by atoms with van der Waals surface area (Å²) < 4.78 is 10.1. The Kier molecular flexibility index (Phi) is 6.19. The van der Waals surface area contributed by atoms with Gasteiger partial charge in [0.1, 0.15) is 12.8 Å². The smallest absolute Gasteiger partial charge is 0.408 e. The minimum absolute atomic E-state index is 0.00438. The fourth-order valence-electron chi connectivity index (χ4n) is 3.61. The van der Waals surface area contributed by atoms with Gasteiger partial charge in [-0.15, -0.1) is 0 Å². The molecule has 28 heavy (non-hydrogen) atoms. The molecule has 0 fully saturated rings. The maximum atomic E-state index is 12.4. The average molecular weight is 382 g/mol. The highest BCUT2D eigenvalue weighted by Crippen LogP contribution is 2.44. The molecule has 1 atom stereocenters. The summed E-state index contributed by atoms with van der Waals surface area (Å²) in [7, 11) is 1.29. The zero-order chi connectivity index (χ0) is 20.1. The summed E-state index contributed by atoms with van der Waals surface area (Å²) in [6, 6.07) is 16.3. The Morgan fingerprint density at radius 3 is 2.00 bits per heavy atom. The third-order valence-corrected chi connectivity index (χ3v) is 4.82. The first-order chi connectivity index (χ1) is 13.5. The van der Waals surface area contributed by atoms with Crippen LogP contribution in [0.2, 0.25) is 0 Å². The van der Waals surface area contributed by atoms with Crippen molar-refractivity contribution in [3.05, 3.63) is 59.7 Å². The van der Waals surface area contributed by atoms with Crippen molar-refractivity contribution in [1.29, 1.82) is 0 Å². The van der Waals surface area contributed by atoms with Crippen molar-refractivity contribution in [3.8, 4) is 11.1 Å². The average Bonchev–Trinajstić information content (AvgIpc) is 2.99. The highest BCUT2D eigenvalue weighted by atomic mass is 16.6. The monoisotopic (exact) mass is 382 g/mol.